The van der Waals surface area contributed by atoms with Crippen molar-refractivity contribution in [3.05, 3.63) is 65.1 Å². The van der Waals surface area contributed by atoms with Gasteiger partial charge >= 0.3 is 0 Å². The van der Waals surface area contributed by atoms with Crippen molar-refractivity contribution < 1.29 is 0 Å². The van der Waals surface area contributed by atoms with Gasteiger partial charge in [0.25, 0.3) is 0 Å². The van der Waals surface area contributed by atoms with E-state index < -0.39 is 0 Å². The lowest BCUT2D eigenvalue weighted by molar-refractivity contribution is 1.42. The van der Waals surface area contributed by atoms with E-state index >= 15 is 0 Å². The van der Waals surface area contributed by atoms with E-state index in [9.17, 15) is 0 Å². The fourth-order valence-electron chi connectivity index (χ4n) is 1.99. The van der Waals surface area contributed by atoms with Crippen LogP contribution >= 0.6 is 27.7 Å². The summed E-state index contributed by atoms with van der Waals surface area (Å²) in [5.74, 6) is 0. The molecule has 2 N–H and O–H groups in total. The summed E-state index contributed by atoms with van der Waals surface area (Å²) in [7, 11) is 0. The van der Waals surface area contributed by atoms with Crippen LogP contribution in [0.25, 0.3) is 10.8 Å². The molecule has 0 atom stereocenters. The highest BCUT2D eigenvalue weighted by Crippen LogP contribution is 2.38. The summed E-state index contributed by atoms with van der Waals surface area (Å²) in [4.78, 5) is 2.31. The Morgan fingerprint density at radius 2 is 1.58 bits per heavy atom. The van der Waals surface area contributed by atoms with E-state index in [-0.39, 0.29) is 0 Å². The van der Waals surface area contributed by atoms with E-state index in [1.165, 1.54) is 15.7 Å². The van der Waals surface area contributed by atoms with E-state index in [4.69, 9.17) is 5.73 Å². The molecule has 3 aromatic rings. The van der Waals surface area contributed by atoms with Gasteiger partial charge in [0.15, 0.2) is 0 Å². The Morgan fingerprint density at radius 3 is 2.37 bits per heavy atom. The molecule has 0 heterocycles. The summed E-state index contributed by atoms with van der Waals surface area (Å²) in [6, 6.07) is 20.6. The van der Waals surface area contributed by atoms with Crippen LogP contribution in [-0.2, 0) is 0 Å². The van der Waals surface area contributed by atoms with Crippen LogP contribution in [0.2, 0.25) is 0 Å². The molecule has 3 rings (SSSR count). The number of fused-ring (bicyclic) bond motifs is 1. The second-order valence-corrected chi connectivity index (χ2v) is 6.26. The van der Waals surface area contributed by atoms with Gasteiger partial charge in [-0.2, -0.15) is 0 Å². The highest BCUT2D eigenvalue weighted by Gasteiger charge is 2.07. The van der Waals surface area contributed by atoms with Gasteiger partial charge in [-0.3, -0.25) is 0 Å². The topological polar surface area (TPSA) is 26.0 Å². The summed E-state index contributed by atoms with van der Waals surface area (Å²) >= 11 is 5.16. The highest BCUT2D eigenvalue weighted by atomic mass is 79.9. The number of hydrogen-bond donors (Lipinski definition) is 1. The van der Waals surface area contributed by atoms with Gasteiger partial charge in [-0.15, -0.1) is 0 Å². The standard InChI is InChI=1S/C16H12BrNS/c17-12-6-8-13(9-7-12)19-16-14-4-2-1-3-11(14)5-10-15(16)18/h1-10H,18H2. The minimum atomic E-state index is 0.826. The van der Waals surface area contributed by atoms with Crippen molar-refractivity contribution in [1.29, 1.82) is 0 Å². The lowest BCUT2D eigenvalue weighted by atomic mass is 10.1. The number of benzene rings is 3. The Labute approximate surface area is 125 Å². The third kappa shape index (κ3) is 2.62. The fourth-order valence-corrected chi connectivity index (χ4v) is 3.25. The number of halogens is 1. The summed E-state index contributed by atoms with van der Waals surface area (Å²) in [6.45, 7) is 0. The first-order valence-electron chi connectivity index (χ1n) is 5.95. The molecule has 94 valence electrons. The van der Waals surface area contributed by atoms with Gasteiger partial charge in [-0.25, -0.2) is 0 Å². The molecule has 0 spiro atoms. The summed E-state index contributed by atoms with van der Waals surface area (Å²) in [5, 5.41) is 2.42. The van der Waals surface area contributed by atoms with Crippen molar-refractivity contribution in [1.82, 2.24) is 0 Å². The maximum Gasteiger partial charge on any atom is 0.0462 e. The zero-order chi connectivity index (χ0) is 13.2. The van der Waals surface area contributed by atoms with Gasteiger partial charge in [0.2, 0.25) is 0 Å². The van der Waals surface area contributed by atoms with Crippen LogP contribution in [0.3, 0.4) is 0 Å². The molecule has 1 nitrogen and oxygen atoms in total. The van der Waals surface area contributed by atoms with Crippen LogP contribution in [-0.4, -0.2) is 0 Å². The molecule has 0 saturated heterocycles. The minimum absolute atomic E-state index is 0.826. The number of hydrogen-bond acceptors (Lipinski definition) is 2. The van der Waals surface area contributed by atoms with Crippen molar-refractivity contribution in [3.8, 4) is 0 Å². The van der Waals surface area contributed by atoms with Crippen molar-refractivity contribution in [2.24, 2.45) is 0 Å². The molecule has 0 radical (unpaired) electrons. The monoisotopic (exact) mass is 329 g/mol. The molecule has 3 heteroatoms. The minimum Gasteiger partial charge on any atom is -0.398 e. The summed E-state index contributed by atoms with van der Waals surface area (Å²) in [5.41, 5.74) is 6.96. The third-order valence-corrected chi connectivity index (χ3v) is 4.64. The van der Waals surface area contributed by atoms with Crippen molar-refractivity contribution in [3.63, 3.8) is 0 Å². The number of rotatable bonds is 2. The Kier molecular flexibility index (Phi) is 3.49. The second-order valence-electron chi connectivity index (χ2n) is 4.26. The number of nitrogen functional groups attached to an aromatic ring is 1. The molecule has 0 amide bonds. The third-order valence-electron chi connectivity index (χ3n) is 2.94. The molecule has 0 unspecified atom stereocenters. The molecule has 0 bridgehead atoms. The number of nitrogens with two attached hydrogens (primary N) is 1. The SMILES string of the molecule is Nc1ccc2ccccc2c1Sc1ccc(Br)cc1. The molecular formula is C16H12BrNS. The lowest BCUT2D eigenvalue weighted by Crippen LogP contribution is -1.89. The first kappa shape index (κ1) is 12.6. The Balaban J connectivity index is 2.09. The van der Waals surface area contributed by atoms with E-state index in [1.54, 1.807) is 11.8 Å². The second kappa shape index (κ2) is 5.27. The quantitative estimate of drug-likeness (QED) is 0.642. The predicted molar refractivity (Wildman–Crippen MR) is 86.6 cm³/mol. The van der Waals surface area contributed by atoms with Gasteiger partial charge < -0.3 is 5.73 Å². The largest absolute Gasteiger partial charge is 0.398 e. The van der Waals surface area contributed by atoms with Gasteiger partial charge in [0, 0.05) is 20.0 Å². The van der Waals surface area contributed by atoms with Crippen LogP contribution in [0.1, 0.15) is 0 Å². The first-order valence-corrected chi connectivity index (χ1v) is 7.55. The Bertz CT molecular complexity index is 722. The lowest BCUT2D eigenvalue weighted by Gasteiger charge is -2.09. The van der Waals surface area contributed by atoms with Crippen LogP contribution < -0.4 is 5.73 Å². The Morgan fingerprint density at radius 1 is 0.842 bits per heavy atom. The normalized spacial score (nSPS) is 10.8. The molecule has 0 fully saturated rings. The van der Waals surface area contributed by atoms with E-state index in [2.05, 4.69) is 46.3 Å². The molecule has 3 aromatic carbocycles. The molecular weight excluding hydrogens is 318 g/mol. The van der Waals surface area contributed by atoms with Crippen LogP contribution in [0.5, 0.6) is 0 Å². The van der Waals surface area contributed by atoms with Crippen molar-refractivity contribution in [2.45, 2.75) is 9.79 Å². The fraction of sp³-hybridized carbons (Fsp3) is 0. The molecule has 19 heavy (non-hydrogen) atoms. The maximum atomic E-state index is 6.13. The first-order chi connectivity index (χ1) is 9.24. The molecule has 0 aliphatic carbocycles. The summed E-state index contributed by atoms with van der Waals surface area (Å²) in [6.07, 6.45) is 0. The highest BCUT2D eigenvalue weighted by molar-refractivity contribution is 9.10. The van der Waals surface area contributed by atoms with Crippen LogP contribution in [0, 0.1) is 0 Å². The molecule has 0 saturated carbocycles. The maximum absolute atomic E-state index is 6.13. The molecule has 0 aliphatic rings. The smallest absolute Gasteiger partial charge is 0.0462 e. The Hall–Kier alpha value is -1.45. The average molecular weight is 330 g/mol. The van der Waals surface area contributed by atoms with E-state index in [0.717, 1.165) is 15.1 Å². The molecule has 0 aromatic heterocycles. The average Bonchev–Trinajstić information content (AvgIpc) is 2.44. The zero-order valence-corrected chi connectivity index (χ0v) is 12.5. The predicted octanol–water partition coefficient (Wildman–Crippen LogP) is 5.34. The van der Waals surface area contributed by atoms with Gasteiger partial charge in [0.05, 0.1) is 0 Å². The van der Waals surface area contributed by atoms with E-state index in [1.807, 2.05) is 30.3 Å². The summed E-state index contributed by atoms with van der Waals surface area (Å²) < 4.78 is 1.09. The van der Waals surface area contributed by atoms with Gasteiger partial charge in [-0.1, -0.05) is 58.0 Å². The van der Waals surface area contributed by atoms with Gasteiger partial charge in [-0.05, 0) is 41.1 Å². The number of anilines is 1. The van der Waals surface area contributed by atoms with E-state index in [0.29, 0.717) is 0 Å². The van der Waals surface area contributed by atoms with Crippen molar-refractivity contribution in [2.75, 3.05) is 5.73 Å². The van der Waals surface area contributed by atoms with Gasteiger partial charge in [0.1, 0.15) is 0 Å². The molecule has 0 aliphatic heterocycles. The van der Waals surface area contributed by atoms with Crippen LogP contribution in [0.4, 0.5) is 5.69 Å². The zero-order valence-electron chi connectivity index (χ0n) is 10.1. The van der Waals surface area contributed by atoms with Crippen LogP contribution in [0.15, 0.2) is 74.9 Å². The van der Waals surface area contributed by atoms with Crippen molar-refractivity contribution >= 4 is 44.2 Å².